The molecular weight excluding hydrogens is 252 g/mol. The van der Waals surface area contributed by atoms with E-state index in [1.165, 1.54) is 23.9 Å². The third-order valence-electron chi connectivity index (χ3n) is 2.57. The van der Waals surface area contributed by atoms with Crippen LogP contribution in [0.5, 0.6) is 0 Å². The second-order valence-electron chi connectivity index (χ2n) is 3.85. The van der Waals surface area contributed by atoms with Crippen LogP contribution in [0.15, 0.2) is 47.4 Å². The van der Waals surface area contributed by atoms with Crippen LogP contribution in [-0.4, -0.2) is 0 Å². The summed E-state index contributed by atoms with van der Waals surface area (Å²) in [6.07, 6.45) is 0. The Morgan fingerprint density at radius 3 is 2.44 bits per heavy atom. The fraction of sp³-hybridized carbons (Fsp3) is 0.143. The van der Waals surface area contributed by atoms with E-state index in [4.69, 9.17) is 5.73 Å². The predicted molar refractivity (Wildman–Crippen MR) is 70.3 cm³/mol. The lowest BCUT2D eigenvalue weighted by Crippen LogP contribution is -1.98. The number of rotatable bonds is 4. The van der Waals surface area contributed by atoms with Gasteiger partial charge in [0.25, 0.3) is 0 Å². The SMILES string of the molecule is NCc1ccc(CSc2ccccc2F)c(F)c1. The van der Waals surface area contributed by atoms with Crippen molar-refractivity contribution in [3.8, 4) is 0 Å². The molecule has 0 bridgehead atoms. The highest BCUT2D eigenvalue weighted by molar-refractivity contribution is 7.98. The second-order valence-corrected chi connectivity index (χ2v) is 4.87. The molecule has 0 unspecified atom stereocenters. The van der Waals surface area contributed by atoms with E-state index in [1.807, 2.05) is 0 Å². The molecule has 2 N–H and O–H groups in total. The summed E-state index contributed by atoms with van der Waals surface area (Å²) >= 11 is 1.28. The molecule has 0 atom stereocenters. The van der Waals surface area contributed by atoms with E-state index in [0.717, 1.165) is 5.56 Å². The third kappa shape index (κ3) is 3.09. The first-order chi connectivity index (χ1) is 8.70. The normalized spacial score (nSPS) is 10.6. The summed E-state index contributed by atoms with van der Waals surface area (Å²) in [5.74, 6) is -0.166. The zero-order valence-corrected chi connectivity index (χ0v) is 10.5. The van der Waals surface area contributed by atoms with Gasteiger partial charge in [-0.3, -0.25) is 0 Å². The Morgan fingerprint density at radius 2 is 1.78 bits per heavy atom. The Bertz CT molecular complexity index is 543. The quantitative estimate of drug-likeness (QED) is 0.853. The standard InChI is InChI=1S/C14H13F2NS/c15-12-3-1-2-4-14(12)18-9-11-6-5-10(8-17)7-13(11)16/h1-7H,8-9,17H2. The summed E-state index contributed by atoms with van der Waals surface area (Å²) in [5.41, 5.74) is 6.74. The molecule has 0 heterocycles. The summed E-state index contributed by atoms with van der Waals surface area (Å²) in [7, 11) is 0. The van der Waals surface area contributed by atoms with Crippen molar-refractivity contribution >= 4 is 11.8 Å². The summed E-state index contributed by atoms with van der Waals surface area (Å²) < 4.78 is 27.1. The molecule has 0 radical (unpaired) electrons. The number of nitrogens with two attached hydrogens (primary N) is 1. The van der Waals surface area contributed by atoms with Gasteiger partial charge < -0.3 is 5.73 Å². The molecule has 0 aliphatic rings. The van der Waals surface area contributed by atoms with Gasteiger partial charge in [-0.1, -0.05) is 24.3 Å². The average Bonchev–Trinajstić information content (AvgIpc) is 2.39. The smallest absolute Gasteiger partial charge is 0.136 e. The lowest BCUT2D eigenvalue weighted by molar-refractivity contribution is 0.601. The van der Waals surface area contributed by atoms with Crippen LogP contribution < -0.4 is 5.73 Å². The molecule has 2 aromatic rings. The van der Waals surface area contributed by atoms with E-state index < -0.39 is 0 Å². The molecule has 0 aliphatic carbocycles. The van der Waals surface area contributed by atoms with Crippen molar-refractivity contribution < 1.29 is 8.78 Å². The summed E-state index contributed by atoms with van der Waals surface area (Å²) in [6, 6.07) is 11.4. The van der Waals surface area contributed by atoms with Crippen molar-refractivity contribution in [2.24, 2.45) is 5.73 Å². The molecule has 0 amide bonds. The number of hydrogen-bond acceptors (Lipinski definition) is 2. The van der Waals surface area contributed by atoms with E-state index in [9.17, 15) is 8.78 Å². The van der Waals surface area contributed by atoms with Crippen molar-refractivity contribution in [2.45, 2.75) is 17.2 Å². The average molecular weight is 265 g/mol. The maximum atomic E-state index is 13.7. The summed E-state index contributed by atoms with van der Waals surface area (Å²) in [4.78, 5) is 0.528. The van der Waals surface area contributed by atoms with Crippen LogP contribution in [0.1, 0.15) is 11.1 Å². The molecule has 0 aromatic heterocycles. The van der Waals surface area contributed by atoms with Crippen molar-refractivity contribution in [3.63, 3.8) is 0 Å². The minimum absolute atomic E-state index is 0.276. The molecule has 0 saturated heterocycles. The third-order valence-corrected chi connectivity index (χ3v) is 3.67. The van der Waals surface area contributed by atoms with Crippen molar-refractivity contribution in [3.05, 3.63) is 65.2 Å². The number of thioether (sulfide) groups is 1. The first kappa shape index (κ1) is 13.1. The van der Waals surface area contributed by atoms with E-state index in [1.54, 1.807) is 30.3 Å². The molecule has 4 heteroatoms. The van der Waals surface area contributed by atoms with Crippen LogP contribution in [0.2, 0.25) is 0 Å². The zero-order valence-electron chi connectivity index (χ0n) is 9.70. The van der Waals surface area contributed by atoms with E-state index in [-0.39, 0.29) is 11.6 Å². The van der Waals surface area contributed by atoms with E-state index in [2.05, 4.69) is 0 Å². The van der Waals surface area contributed by atoms with E-state index in [0.29, 0.717) is 22.8 Å². The van der Waals surface area contributed by atoms with Gasteiger partial charge in [0, 0.05) is 17.2 Å². The first-order valence-corrected chi connectivity index (χ1v) is 6.54. The fourth-order valence-corrected chi connectivity index (χ4v) is 2.48. The van der Waals surface area contributed by atoms with Gasteiger partial charge in [-0.05, 0) is 29.3 Å². The summed E-state index contributed by atoms with van der Waals surface area (Å²) in [6.45, 7) is 0.317. The zero-order chi connectivity index (χ0) is 13.0. The van der Waals surface area contributed by atoms with Gasteiger partial charge in [-0.15, -0.1) is 11.8 Å². The van der Waals surface area contributed by atoms with Crippen LogP contribution in [0.25, 0.3) is 0 Å². The minimum atomic E-state index is -0.290. The number of halogens is 2. The van der Waals surface area contributed by atoms with Crippen LogP contribution in [0, 0.1) is 11.6 Å². The predicted octanol–water partition coefficient (Wildman–Crippen LogP) is 3.72. The topological polar surface area (TPSA) is 26.0 Å². The van der Waals surface area contributed by atoms with Crippen LogP contribution >= 0.6 is 11.8 Å². The lowest BCUT2D eigenvalue weighted by Gasteiger charge is -2.06. The highest BCUT2D eigenvalue weighted by Crippen LogP contribution is 2.26. The first-order valence-electron chi connectivity index (χ1n) is 5.55. The number of benzene rings is 2. The molecular formula is C14H13F2NS. The Balaban J connectivity index is 2.09. The summed E-state index contributed by atoms with van der Waals surface area (Å²) in [5, 5.41) is 0. The Labute approximate surface area is 109 Å². The van der Waals surface area contributed by atoms with Crippen molar-refractivity contribution in [1.82, 2.24) is 0 Å². The largest absolute Gasteiger partial charge is 0.326 e. The van der Waals surface area contributed by atoms with Crippen LogP contribution in [0.3, 0.4) is 0 Å². The van der Waals surface area contributed by atoms with Gasteiger partial charge >= 0.3 is 0 Å². The van der Waals surface area contributed by atoms with Gasteiger partial charge in [0.05, 0.1) is 0 Å². The van der Waals surface area contributed by atoms with Gasteiger partial charge in [0.2, 0.25) is 0 Å². The fourth-order valence-electron chi connectivity index (χ4n) is 1.55. The Kier molecular flexibility index (Phi) is 4.33. The van der Waals surface area contributed by atoms with Gasteiger partial charge in [0.15, 0.2) is 0 Å². The van der Waals surface area contributed by atoms with Crippen LogP contribution in [-0.2, 0) is 12.3 Å². The second kappa shape index (κ2) is 5.98. The molecule has 18 heavy (non-hydrogen) atoms. The maximum Gasteiger partial charge on any atom is 0.136 e. The monoisotopic (exact) mass is 265 g/mol. The van der Waals surface area contributed by atoms with Crippen molar-refractivity contribution in [2.75, 3.05) is 0 Å². The van der Waals surface area contributed by atoms with E-state index >= 15 is 0 Å². The molecule has 0 spiro atoms. The Hall–Kier alpha value is -1.39. The number of hydrogen-bond donors (Lipinski definition) is 1. The highest BCUT2D eigenvalue weighted by atomic mass is 32.2. The minimum Gasteiger partial charge on any atom is -0.326 e. The molecule has 1 nitrogen and oxygen atoms in total. The van der Waals surface area contributed by atoms with Gasteiger partial charge in [-0.25, -0.2) is 8.78 Å². The maximum absolute atomic E-state index is 13.7. The molecule has 94 valence electrons. The molecule has 0 saturated carbocycles. The highest BCUT2D eigenvalue weighted by Gasteiger charge is 2.06. The Morgan fingerprint density at radius 1 is 1.00 bits per heavy atom. The molecule has 0 fully saturated rings. The van der Waals surface area contributed by atoms with Gasteiger partial charge in [-0.2, -0.15) is 0 Å². The lowest BCUT2D eigenvalue weighted by atomic mass is 10.1. The van der Waals surface area contributed by atoms with Gasteiger partial charge in [0.1, 0.15) is 11.6 Å². The van der Waals surface area contributed by atoms with Crippen LogP contribution in [0.4, 0.5) is 8.78 Å². The molecule has 2 aromatic carbocycles. The van der Waals surface area contributed by atoms with Crippen molar-refractivity contribution in [1.29, 1.82) is 0 Å². The molecule has 0 aliphatic heterocycles. The molecule has 2 rings (SSSR count).